The van der Waals surface area contributed by atoms with E-state index in [-0.39, 0.29) is 24.0 Å². The van der Waals surface area contributed by atoms with Crippen molar-refractivity contribution in [3.05, 3.63) is 136 Å². The third-order valence-electron chi connectivity index (χ3n) is 9.72. The van der Waals surface area contributed by atoms with Gasteiger partial charge in [0.25, 0.3) is 5.91 Å². The quantitative estimate of drug-likeness (QED) is 0.108. The van der Waals surface area contributed by atoms with Crippen molar-refractivity contribution in [3.63, 3.8) is 0 Å². The maximum atomic E-state index is 14.0. The summed E-state index contributed by atoms with van der Waals surface area (Å²) in [5.41, 5.74) is 10.7. The highest BCUT2D eigenvalue weighted by molar-refractivity contribution is 7.16. The zero-order chi connectivity index (χ0) is 43.5. The number of hydrazone groups is 3. The first-order chi connectivity index (χ1) is 30.7. The number of aryl methyl sites for hydroxylation is 1. The SMILES string of the molecule is CCOc1ccccc1N/N=C1/C(=O)N(c2nc(-c3ccc(-c4cccc(-c5csc(N6N=C(C)/C(=N\CNC(=O)c7nccs7)C6=O)n5)c4)cc3)c(C)s2)N=C1c1ccccc1. The summed E-state index contributed by atoms with van der Waals surface area (Å²) in [4.78, 5) is 58.4. The number of rotatable bonds is 13. The van der Waals surface area contributed by atoms with Crippen LogP contribution in [0.3, 0.4) is 0 Å². The molecule has 0 aliphatic carbocycles. The number of amides is 3. The summed E-state index contributed by atoms with van der Waals surface area (Å²) in [6.45, 7) is 5.96. The van der Waals surface area contributed by atoms with Gasteiger partial charge in [0.1, 0.15) is 23.8 Å². The van der Waals surface area contributed by atoms with Crippen LogP contribution in [0.1, 0.15) is 34.1 Å². The molecular weight excluding hydrogens is 855 g/mol. The van der Waals surface area contributed by atoms with Crippen LogP contribution in [0.5, 0.6) is 5.75 Å². The molecule has 0 spiro atoms. The lowest BCUT2D eigenvalue weighted by atomic mass is 10.00. The van der Waals surface area contributed by atoms with E-state index in [9.17, 15) is 14.4 Å². The largest absolute Gasteiger partial charge is 0.492 e. The van der Waals surface area contributed by atoms with Crippen LogP contribution in [-0.2, 0) is 9.59 Å². The van der Waals surface area contributed by atoms with Gasteiger partial charge in [-0.25, -0.2) is 15.0 Å². The summed E-state index contributed by atoms with van der Waals surface area (Å²) in [7, 11) is 0. The fourth-order valence-corrected chi connectivity index (χ4v) is 8.91. The van der Waals surface area contributed by atoms with E-state index in [1.165, 1.54) is 44.0 Å². The van der Waals surface area contributed by atoms with Gasteiger partial charge < -0.3 is 10.1 Å². The maximum absolute atomic E-state index is 14.0. The summed E-state index contributed by atoms with van der Waals surface area (Å²) in [6.07, 6.45) is 1.55. The smallest absolute Gasteiger partial charge is 0.303 e. The van der Waals surface area contributed by atoms with Gasteiger partial charge >= 0.3 is 11.8 Å². The molecule has 0 unspecified atom stereocenters. The number of para-hydroxylation sites is 2. The topological polar surface area (TPSA) is 179 Å². The van der Waals surface area contributed by atoms with Crippen molar-refractivity contribution in [1.82, 2.24) is 20.3 Å². The first kappa shape index (κ1) is 40.8. The number of thiazole rings is 3. The minimum Gasteiger partial charge on any atom is -0.492 e. The number of aromatic nitrogens is 3. The van der Waals surface area contributed by atoms with Crippen LogP contribution in [0.25, 0.3) is 33.6 Å². The molecule has 5 heterocycles. The summed E-state index contributed by atoms with van der Waals surface area (Å²) in [6, 6.07) is 33.0. The normalized spacial score (nSPS) is 15.0. The van der Waals surface area contributed by atoms with E-state index in [4.69, 9.17) is 19.8 Å². The Kier molecular flexibility index (Phi) is 11.6. The molecule has 2 aliphatic rings. The van der Waals surface area contributed by atoms with E-state index in [0.717, 1.165) is 38.4 Å². The van der Waals surface area contributed by atoms with E-state index < -0.39 is 11.8 Å². The lowest BCUT2D eigenvalue weighted by Crippen LogP contribution is -2.30. The summed E-state index contributed by atoms with van der Waals surface area (Å²) in [5, 5.41) is 23.7. The highest BCUT2D eigenvalue weighted by atomic mass is 32.1. The molecule has 2 aliphatic heterocycles. The van der Waals surface area contributed by atoms with Crippen LogP contribution in [0, 0.1) is 6.92 Å². The second-order valence-corrected chi connectivity index (χ2v) is 16.7. The number of anilines is 3. The highest BCUT2D eigenvalue weighted by Gasteiger charge is 2.36. The van der Waals surface area contributed by atoms with Crippen LogP contribution in [0.15, 0.2) is 140 Å². The third kappa shape index (κ3) is 8.41. The Morgan fingerprint density at radius 3 is 2.29 bits per heavy atom. The number of aliphatic imine (C=N–C) groups is 1. The monoisotopic (exact) mass is 889 g/mol. The molecule has 0 radical (unpaired) electrons. The molecule has 4 aromatic carbocycles. The van der Waals surface area contributed by atoms with E-state index in [2.05, 4.69) is 30.9 Å². The van der Waals surface area contributed by atoms with Crippen LogP contribution in [0.2, 0.25) is 0 Å². The van der Waals surface area contributed by atoms with Crippen molar-refractivity contribution >= 4 is 90.5 Å². The van der Waals surface area contributed by atoms with Crippen molar-refractivity contribution in [3.8, 4) is 39.4 Å². The van der Waals surface area contributed by atoms with Gasteiger partial charge in [0.2, 0.25) is 10.3 Å². The van der Waals surface area contributed by atoms with Crippen molar-refractivity contribution in [1.29, 1.82) is 0 Å². The lowest BCUT2D eigenvalue weighted by molar-refractivity contribution is -0.112. The van der Waals surface area contributed by atoms with E-state index in [0.29, 0.717) is 50.4 Å². The molecule has 312 valence electrons. The number of ether oxygens (including phenoxy) is 1. The molecule has 63 heavy (non-hydrogen) atoms. The van der Waals surface area contributed by atoms with E-state index in [1.807, 2.05) is 122 Å². The first-order valence-electron chi connectivity index (χ1n) is 19.6. The zero-order valence-electron chi connectivity index (χ0n) is 33.8. The lowest BCUT2D eigenvalue weighted by Gasteiger charge is -2.10. The molecule has 0 saturated heterocycles. The van der Waals surface area contributed by atoms with Gasteiger partial charge in [-0.1, -0.05) is 96.3 Å². The first-order valence-corrected chi connectivity index (χ1v) is 22.1. The van der Waals surface area contributed by atoms with Crippen LogP contribution >= 0.6 is 34.0 Å². The Labute approximate surface area is 372 Å². The second kappa shape index (κ2) is 17.8. The molecule has 18 heteroatoms. The Bertz CT molecular complexity index is 2990. The number of nitrogens with zero attached hydrogens (tertiary/aromatic N) is 9. The molecule has 2 N–H and O–H groups in total. The number of hydrogen-bond acceptors (Lipinski definition) is 15. The molecule has 0 fully saturated rings. The second-order valence-electron chi connectivity index (χ2n) is 13.8. The Hall–Kier alpha value is -7.54. The molecule has 0 saturated carbocycles. The van der Waals surface area contributed by atoms with Crippen molar-refractivity contribution in [2.75, 3.05) is 28.7 Å². The minimum atomic E-state index is -0.420. The standard InChI is InChI=1S/C45H35N11O4S3/c1-4-60-35-16-9-8-15-33(35)51-52-39-38(29-11-6-5-7-12-29)54-56(43(39)59)45-50-37(27(3)63-45)30-19-17-28(18-20-30)31-13-10-14-32(23-31)34-24-62-44(49-34)55-42(58)36(26(2)53-55)47-25-48-40(57)41-46-21-22-61-41/h5-24,51H,4,25H2,1-3H3,(H,48,57)/b47-36+,52-39+. The molecule has 0 atom stereocenters. The predicted octanol–water partition coefficient (Wildman–Crippen LogP) is 8.53. The molecule has 15 nitrogen and oxygen atoms in total. The molecule has 3 aromatic heterocycles. The van der Waals surface area contributed by atoms with Crippen molar-refractivity contribution < 1.29 is 19.1 Å². The molecule has 9 rings (SSSR count). The predicted molar refractivity (Wildman–Crippen MR) is 250 cm³/mol. The van der Waals surface area contributed by atoms with Gasteiger partial charge in [-0.3, -0.25) is 24.8 Å². The summed E-state index contributed by atoms with van der Waals surface area (Å²) >= 11 is 3.89. The van der Waals surface area contributed by atoms with Gasteiger partial charge in [0, 0.05) is 38.5 Å². The fraction of sp³-hybridized carbons (Fsp3) is 0.111. The van der Waals surface area contributed by atoms with Crippen LogP contribution < -0.4 is 25.5 Å². The van der Waals surface area contributed by atoms with Gasteiger partial charge in [-0.2, -0.15) is 25.3 Å². The number of carbonyl (C=O) groups is 3. The highest BCUT2D eigenvalue weighted by Crippen LogP contribution is 2.37. The molecular formula is C45H35N11O4S3. The van der Waals surface area contributed by atoms with Crippen LogP contribution in [0.4, 0.5) is 16.0 Å². The molecule has 0 bridgehead atoms. The fourth-order valence-electron chi connectivity index (χ4n) is 6.70. The maximum Gasteiger partial charge on any atom is 0.303 e. The van der Waals surface area contributed by atoms with Crippen molar-refractivity contribution in [2.24, 2.45) is 20.3 Å². The molecule has 7 aromatic rings. The van der Waals surface area contributed by atoms with Crippen molar-refractivity contribution in [2.45, 2.75) is 20.8 Å². The Morgan fingerprint density at radius 1 is 0.762 bits per heavy atom. The van der Waals surface area contributed by atoms with Gasteiger partial charge in [0.05, 0.1) is 29.4 Å². The molecule has 3 amide bonds. The average Bonchev–Trinajstić information content (AvgIpc) is 4.17. The van der Waals surface area contributed by atoms with E-state index in [1.54, 1.807) is 18.5 Å². The number of benzene rings is 4. The number of carbonyl (C=O) groups excluding carboxylic acids is 3. The van der Waals surface area contributed by atoms with Gasteiger partial charge in [0.15, 0.2) is 10.7 Å². The van der Waals surface area contributed by atoms with Crippen LogP contribution in [-0.4, -0.2) is 68.8 Å². The Morgan fingerprint density at radius 2 is 1.49 bits per heavy atom. The third-order valence-corrected chi connectivity index (χ3v) is 12.3. The zero-order valence-corrected chi connectivity index (χ0v) is 36.3. The summed E-state index contributed by atoms with van der Waals surface area (Å²) in [5.74, 6) is -0.568. The number of nitrogens with one attached hydrogen (secondary N) is 2. The van der Waals surface area contributed by atoms with Gasteiger partial charge in [-0.05, 0) is 50.1 Å². The van der Waals surface area contributed by atoms with E-state index >= 15 is 0 Å². The average molecular weight is 890 g/mol. The Balaban J connectivity index is 0.904. The number of hydrogen-bond donors (Lipinski definition) is 2. The summed E-state index contributed by atoms with van der Waals surface area (Å²) < 4.78 is 5.75. The van der Waals surface area contributed by atoms with Gasteiger partial charge in [-0.15, -0.1) is 22.7 Å². The minimum absolute atomic E-state index is 0.0897.